The van der Waals surface area contributed by atoms with Crippen molar-refractivity contribution in [2.24, 2.45) is 10.8 Å². The summed E-state index contributed by atoms with van der Waals surface area (Å²) in [5, 5.41) is 0. The van der Waals surface area contributed by atoms with Gasteiger partial charge in [0.2, 0.25) is 0 Å². The maximum atomic E-state index is 12.8. The van der Waals surface area contributed by atoms with Gasteiger partial charge in [-0.25, -0.2) is 0 Å². The van der Waals surface area contributed by atoms with Crippen LogP contribution in [0.15, 0.2) is 24.3 Å². The molecule has 2 fully saturated rings. The average molecular weight is 309 g/mol. The predicted molar refractivity (Wildman–Crippen MR) is 88.7 cm³/mol. The third kappa shape index (κ3) is 2.89. The van der Waals surface area contributed by atoms with E-state index >= 15 is 0 Å². The molecule has 0 spiro atoms. The zero-order valence-corrected chi connectivity index (χ0v) is 13.9. The minimum absolute atomic E-state index is 0. The number of amides is 1. The van der Waals surface area contributed by atoms with Crippen molar-refractivity contribution in [1.29, 1.82) is 0 Å². The second kappa shape index (κ2) is 5.20. The monoisotopic (exact) mass is 308 g/mol. The average Bonchev–Trinajstić information content (AvgIpc) is 2.58. The Morgan fingerprint density at radius 1 is 1.24 bits per heavy atom. The molecule has 1 saturated carbocycles. The number of fused-ring (bicyclic) bond motifs is 2. The van der Waals surface area contributed by atoms with Crippen LogP contribution in [-0.2, 0) is 0 Å². The van der Waals surface area contributed by atoms with Crippen LogP contribution >= 0.6 is 12.4 Å². The molecule has 116 valence electrons. The van der Waals surface area contributed by atoms with E-state index in [9.17, 15) is 4.79 Å². The Labute approximate surface area is 133 Å². The van der Waals surface area contributed by atoms with E-state index < -0.39 is 0 Å². The molecule has 2 bridgehead atoms. The minimum Gasteiger partial charge on any atom is -0.398 e. The van der Waals surface area contributed by atoms with E-state index in [4.69, 9.17) is 5.73 Å². The minimum atomic E-state index is 0. The SMILES string of the molecule is CC1(C)CC2CC(C)(CN2C(=O)c2ccccc2N)C1.Cl. The highest BCUT2D eigenvalue weighted by Gasteiger charge is 2.51. The van der Waals surface area contributed by atoms with Crippen molar-refractivity contribution < 1.29 is 4.79 Å². The molecule has 1 saturated heterocycles. The molecule has 3 rings (SSSR count). The molecule has 1 aliphatic carbocycles. The highest BCUT2D eigenvalue weighted by atomic mass is 35.5. The van der Waals surface area contributed by atoms with Crippen LogP contribution < -0.4 is 5.73 Å². The summed E-state index contributed by atoms with van der Waals surface area (Å²) in [5.41, 5.74) is 7.80. The van der Waals surface area contributed by atoms with Gasteiger partial charge in [0.25, 0.3) is 5.91 Å². The molecule has 4 heteroatoms. The molecule has 0 radical (unpaired) electrons. The summed E-state index contributed by atoms with van der Waals surface area (Å²) in [4.78, 5) is 14.9. The van der Waals surface area contributed by atoms with E-state index in [2.05, 4.69) is 25.7 Å². The van der Waals surface area contributed by atoms with Gasteiger partial charge in [-0.15, -0.1) is 12.4 Å². The van der Waals surface area contributed by atoms with E-state index in [0.717, 1.165) is 19.4 Å². The number of nitrogens with zero attached hydrogens (tertiary/aromatic N) is 1. The lowest BCUT2D eigenvalue weighted by Crippen LogP contribution is -2.38. The third-order valence-corrected chi connectivity index (χ3v) is 4.87. The maximum Gasteiger partial charge on any atom is 0.256 e. The van der Waals surface area contributed by atoms with E-state index in [0.29, 0.717) is 22.7 Å². The fourth-order valence-corrected chi connectivity index (χ4v) is 4.54. The van der Waals surface area contributed by atoms with Crippen LogP contribution in [0.1, 0.15) is 50.4 Å². The smallest absolute Gasteiger partial charge is 0.256 e. The molecule has 1 aromatic rings. The van der Waals surface area contributed by atoms with Crippen LogP contribution in [0, 0.1) is 10.8 Å². The zero-order chi connectivity index (χ0) is 14.5. The Bertz CT molecular complexity index is 557. The number of carbonyl (C=O) groups is 1. The molecule has 21 heavy (non-hydrogen) atoms. The van der Waals surface area contributed by atoms with Crippen LogP contribution in [-0.4, -0.2) is 23.4 Å². The molecule has 2 aliphatic rings. The number of halogens is 1. The van der Waals surface area contributed by atoms with Gasteiger partial charge in [0.05, 0.1) is 5.56 Å². The predicted octanol–water partition coefficient (Wildman–Crippen LogP) is 3.73. The van der Waals surface area contributed by atoms with E-state index in [1.165, 1.54) is 6.42 Å². The molecular formula is C17H25ClN2O. The summed E-state index contributed by atoms with van der Waals surface area (Å²) in [6.45, 7) is 7.83. The van der Waals surface area contributed by atoms with Crippen molar-refractivity contribution in [2.45, 2.75) is 46.1 Å². The maximum absolute atomic E-state index is 12.8. The summed E-state index contributed by atoms with van der Waals surface area (Å²) >= 11 is 0. The van der Waals surface area contributed by atoms with Crippen molar-refractivity contribution >= 4 is 24.0 Å². The lowest BCUT2D eigenvalue weighted by Gasteiger charge is -2.39. The van der Waals surface area contributed by atoms with Gasteiger partial charge >= 0.3 is 0 Å². The summed E-state index contributed by atoms with van der Waals surface area (Å²) in [7, 11) is 0. The van der Waals surface area contributed by atoms with E-state index in [-0.39, 0.29) is 23.7 Å². The number of hydrogen-bond acceptors (Lipinski definition) is 2. The number of rotatable bonds is 1. The van der Waals surface area contributed by atoms with Gasteiger partial charge in [0.15, 0.2) is 0 Å². The summed E-state index contributed by atoms with van der Waals surface area (Å²) in [6.07, 6.45) is 3.43. The Hall–Kier alpha value is -1.22. The standard InChI is InChI=1S/C17H24N2O.ClH/c1-16(2)8-12-9-17(3,10-16)11-19(12)15(20)13-6-4-5-7-14(13)18;/h4-7,12H,8-11,18H2,1-3H3;1H. The first-order chi connectivity index (χ1) is 9.30. The molecule has 1 aliphatic heterocycles. The van der Waals surface area contributed by atoms with Crippen molar-refractivity contribution in [3.05, 3.63) is 29.8 Å². The summed E-state index contributed by atoms with van der Waals surface area (Å²) in [6, 6.07) is 7.78. The zero-order valence-electron chi connectivity index (χ0n) is 13.1. The third-order valence-electron chi connectivity index (χ3n) is 4.87. The van der Waals surface area contributed by atoms with Crippen molar-refractivity contribution in [3.8, 4) is 0 Å². The summed E-state index contributed by atoms with van der Waals surface area (Å²) in [5.74, 6) is 0.106. The Kier molecular flexibility index (Phi) is 4.00. The van der Waals surface area contributed by atoms with Gasteiger partial charge in [-0.2, -0.15) is 0 Å². The molecule has 1 heterocycles. The number of nitrogen functional groups attached to an aromatic ring is 1. The van der Waals surface area contributed by atoms with Gasteiger partial charge in [-0.05, 0) is 42.2 Å². The number of benzene rings is 1. The van der Waals surface area contributed by atoms with Gasteiger partial charge in [-0.3, -0.25) is 4.79 Å². The number of anilines is 1. The van der Waals surface area contributed by atoms with Gasteiger partial charge in [0.1, 0.15) is 0 Å². The molecule has 2 N–H and O–H groups in total. The largest absolute Gasteiger partial charge is 0.398 e. The van der Waals surface area contributed by atoms with Gasteiger partial charge in [-0.1, -0.05) is 32.9 Å². The van der Waals surface area contributed by atoms with Crippen LogP contribution in [0.3, 0.4) is 0 Å². The quantitative estimate of drug-likeness (QED) is 0.804. The molecule has 1 aromatic carbocycles. The topological polar surface area (TPSA) is 46.3 Å². The highest BCUT2D eigenvalue weighted by Crippen LogP contribution is 2.52. The molecule has 2 unspecified atom stereocenters. The first-order valence-electron chi connectivity index (χ1n) is 7.45. The Balaban J connectivity index is 0.00000161. The van der Waals surface area contributed by atoms with Gasteiger partial charge in [0, 0.05) is 18.3 Å². The fourth-order valence-electron chi connectivity index (χ4n) is 4.54. The molecule has 3 nitrogen and oxygen atoms in total. The van der Waals surface area contributed by atoms with Crippen LogP contribution in [0.4, 0.5) is 5.69 Å². The van der Waals surface area contributed by atoms with Crippen LogP contribution in [0.25, 0.3) is 0 Å². The van der Waals surface area contributed by atoms with Crippen LogP contribution in [0.2, 0.25) is 0 Å². The van der Waals surface area contributed by atoms with Crippen molar-refractivity contribution in [3.63, 3.8) is 0 Å². The normalized spacial score (nSPS) is 29.9. The summed E-state index contributed by atoms with van der Waals surface area (Å²) < 4.78 is 0. The van der Waals surface area contributed by atoms with Crippen LogP contribution in [0.5, 0.6) is 0 Å². The van der Waals surface area contributed by atoms with Gasteiger partial charge < -0.3 is 10.6 Å². The van der Waals surface area contributed by atoms with E-state index in [1.54, 1.807) is 6.07 Å². The van der Waals surface area contributed by atoms with Crippen molar-refractivity contribution in [2.75, 3.05) is 12.3 Å². The molecule has 0 aromatic heterocycles. The fraction of sp³-hybridized carbons (Fsp3) is 0.588. The first-order valence-corrected chi connectivity index (χ1v) is 7.45. The van der Waals surface area contributed by atoms with E-state index in [1.807, 2.05) is 18.2 Å². The number of para-hydroxylation sites is 1. The number of likely N-dealkylation sites (tertiary alicyclic amines) is 1. The number of nitrogens with two attached hydrogens (primary N) is 1. The second-order valence-corrected chi connectivity index (χ2v) is 7.73. The lowest BCUT2D eigenvalue weighted by molar-refractivity contribution is 0.0709. The Morgan fingerprint density at radius 3 is 2.57 bits per heavy atom. The highest BCUT2D eigenvalue weighted by molar-refractivity contribution is 5.99. The number of hydrogen-bond donors (Lipinski definition) is 1. The lowest BCUT2D eigenvalue weighted by atomic mass is 9.65. The Morgan fingerprint density at radius 2 is 1.90 bits per heavy atom. The number of carbonyl (C=O) groups excluding carboxylic acids is 1. The molecular weight excluding hydrogens is 284 g/mol. The molecule has 1 amide bonds. The van der Waals surface area contributed by atoms with Crippen molar-refractivity contribution in [1.82, 2.24) is 4.90 Å². The molecule has 2 atom stereocenters. The first kappa shape index (κ1) is 16.2. The second-order valence-electron chi connectivity index (χ2n) is 7.73.